The van der Waals surface area contributed by atoms with Gasteiger partial charge in [0.1, 0.15) is 24.4 Å². The van der Waals surface area contributed by atoms with Gasteiger partial charge in [-0.1, -0.05) is 0 Å². The fourth-order valence-electron chi connectivity index (χ4n) is 1.62. The molecule has 1 heterocycles. The Morgan fingerprint density at radius 1 is 1.12 bits per heavy atom. The number of halogens is 2. The highest BCUT2D eigenvalue weighted by atomic mass is 35.5. The van der Waals surface area contributed by atoms with Crippen molar-refractivity contribution in [1.82, 2.24) is 4.90 Å². The molecule has 1 saturated heterocycles. The van der Waals surface area contributed by atoms with E-state index in [1.807, 2.05) is 0 Å². The van der Waals surface area contributed by atoms with Crippen molar-refractivity contribution in [1.29, 1.82) is 0 Å². The maximum Gasteiger partial charge on any atom is 0.184 e. The van der Waals surface area contributed by atoms with Crippen LogP contribution in [0.2, 0.25) is 0 Å². The van der Waals surface area contributed by atoms with Crippen molar-refractivity contribution in [3.63, 3.8) is 0 Å². The Balaban J connectivity index is 0.00000256. The van der Waals surface area contributed by atoms with Crippen molar-refractivity contribution < 1.29 is 25.2 Å². The van der Waals surface area contributed by atoms with Crippen molar-refractivity contribution in [2.45, 2.75) is 30.7 Å². The summed E-state index contributed by atoms with van der Waals surface area (Å²) in [5.74, 6) is 0.438. The van der Waals surface area contributed by atoms with Gasteiger partial charge >= 0.3 is 0 Å². The van der Waals surface area contributed by atoms with Gasteiger partial charge in [0, 0.05) is 19.0 Å². The molecule has 4 N–H and O–H groups in total. The number of nitrogens with zero attached hydrogens (tertiary/aromatic N) is 1. The fourth-order valence-corrected chi connectivity index (χ4v) is 1.91. The molecule has 0 spiro atoms. The molecule has 1 aliphatic heterocycles. The second-order valence-corrected chi connectivity index (χ2v) is 4.37. The molecule has 1 aliphatic rings. The number of alkyl halides is 1. The van der Waals surface area contributed by atoms with Crippen LogP contribution in [-0.2, 0) is 4.74 Å². The van der Waals surface area contributed by atoms with Gasteiger partial charge in [-0.25, -0.2) is 0 Å². The van der Waals surface area contributed by atoms with Crippen LogP contribution in [0.25, 0.3) is 0 Å². The summed E-state index contributed by atoms with van der Waals surface area (Å²) in [7, 11) is 1.78. The Labute approximate surface area is 111 Å². The third kappa shape index (κ3) is 4.50. The summed E-state index contributed by atoms with van der Waals surface area (Å²) in [5.41, 5.74) is 0. The summed E-state index contributed by atoms with van der Waals surface area (Å²) < 4.78 is 5.01. The number of ether oxygens (including phenoxy) is 1. The molecule has 0 amide bonds. The average molecular weight is 292 g/mol. The van der Waals surface area contributed by atoms with E-state index in [4.69, 9.17) is 16.3 Å². The van der Waals surface area contributed by atoms with E-state index >= 15 is 0 Å². The monoisotopic (exact) mass is 291 g/mol. The van der Waals surface area contributed by atoms with Gasteiger partial charge in [0.15, 0.2) is 6.29 Å². The van der Waals surface area contributed by atoms with Crippen LogP contribution >= 0.6 is 24.0 Å². The van der Waals surface area contributed by atoms with Crippen molar-refractivity contribution in [3.8, 4) is 0 Å². The number of rotatable bonds is 4. The summed E-state index contributed by atoms with van der Waals surface area (Å²) in [6.07, 6.45) is -6.34. The van der Waals surface area contributed by atoms with Gasteiger partial charge in [0.2, 0.25) is 0 Å². The van der Waals surface area contributed by atoms with Crippen molar-refractivity contribution in [2.24, 2.45) is 0 Å². The van der Waals surface area contributed by atoms with E-state index < -0.39 is 30.7 Å². The van der Waals surface area contributed by atoms with Crippen LogP contribution in [0.15, 0.2) is 0 Å². The van der Waals surface area contributed by atoms with Gasteiger partial charge in [0.25, 0.3) is 0 Å². The zero-order valence-corrected chi connectivity index (χ0v) is 11.0. The van der Waals surface area contributed by atoms with Crippen molar-refractivity contribution in [2.75, 3.05) is 26.0 Å². The molecule has 0 radical (unpaired) electrons. The lowest BCUT2D eigenvalue weighted by Gasteiger charge is -2.39. The molecule has 0 aromatic carbocycles. The van der Waals surface area contributed by atoms with Crippen LogP contribution in [-0.4, -0.2) is 82.0 Å². The molecular weight excluding hydrogens is 273 g/mol. The van der Waals surface area contributed by atoms with Gasteiger partial charge in [0.05, 0.1) is 0 Å². The zero-order valence-electron chi connectivity index (χ0n) is 9.44. The van der Waals surface area contributed by atoms with Gasteiger partial charge in [-0.05, 0) is 7.05 Å². The first kappa shape index (κ1) is 17.3. The largest absolute Gasteiger partial charge is 0.388 e. The highest BCUT2D eigenvalue weighted by Gasteiger charge is 2.43. The van der Waals surface area contributed by atoms with Crippen molar-refractivity contribution in [3.05, 3.63) is 0 Å². The normalized spacial score (nSPS) is 37.9. The predicted octanol–water partition coefficient (Wildman–Crippen LogP) is -1.62. The molecule has 0 aromatic rings. The molecule has 5 atom stereocenters. The Morgan fingerprint density at radius 3 is 2.24 bits per heavy atom. The number of aliphatic hydroxyl groups is 4. The van der Waals surface area contributed by atoms with E-state index in [0.29, 0.717) is 19.0 Å². The van der Waals surface area contributed by atoms with Crippen LogP contribution < -0.4 is 0 Å². The molecule has 1 unspecified atom stereocenters. The second kappa shape index (κ2) is 7.70. The van der Waals surface area contributed by atoms with Crippen LogP contribution in [0.5, 0.6) is 0 Å². The Morgan fingerprint density at radius 2 is 1.71 bits per heavy atom. The first-order valence-electron chi connectivity index (χ1n) is 5.09. The number of hydrogen-bond donors (Lipinski definition) is 4. The van der Waals surface area contributed by atoms with Gasteiger partial charge in [-0.2, -0.15) is 0 Å². The van der Waals surface area contributed by atoms with Gasteiger partial charge in [-0.3, -0.25) is 0 Å². The highest BCUT2D eigenvalue weighted by Crippen LogP contribution is 2.20. The van der Waals surface area contributed by atoms with Crippen LogP contribution in [0.3, 0.4) is 0 Å². The summed E-state index contributed by atoms with van der Waals surface area (Å²) >= 11 is 5.55. The molecule has 8 heteroatoms. The lowest BCUT2D eigenvalue weighted by atomic mass is 9.99. The first-order valence-corrected chi connectivity index (χ1v) is 5.63. The minimum atomic E-state index is -1.48. The van der Waals surface area contributed by atoms with E-state index in [1.165, 1.54) is 0 Å². The summed E-state index contributed by atoms with van der Waals surface area (Å²) in [4.78, 5) is 1.80. The maximum atomic E-state index is 9.64. The van der Waals surface area contributed by atoms with Gasteiger partial charge in [-0.15, -0.1) is 24.0 Å². The third-order valence-electron chi connectivity index (χ3n) is 2.64. The standard InChI is InChI=1S/C9H18ClNO5.ClH/c1-11(3-2-10)4-5-6(12)7(13)8(14)9(15)16-5;/h5-9,12-15H,2-4H2,1H3;1H/t5-,6-,7+,8-,9?;/m1./s1. The van der Waals surface area contributed by atoms with E-state index in [1.54, 1.807) is 11.9 Å². The molecule has 17 heavy (non-hydrogen) atoms. The van der Waals surface area contributed by atoms with Gasteiger partial charge < -0.3 is 30.1 Å². The molecule has 0 aromatic heterocycles. The van der Waals surface area contributed by atoms with E-state index in [9.17, 15) is 20.4 Å². The van der Waals surface area contributed by atoms with Crippen LogP contribution in [0.4, 0.5) is 0 Å². The first-order chi connectivity index (χ1) is 7.47. The molecule has 6 nitrogen and oxygen atoms in total. The Hall–Kier alpha value is 0.340. The van der Waals surface area contributed by atoms with Crippen LogP contribution in [0.1, 0.15) is 0 Å². The molecular formula is C9H19Cl2NO5. The zero-order chi connectivity index (χ0) is 12.3. The molecule has 0 saturated carbocycles. The smallest absolute Gasteiger partial charge is 0.184 e. The van der Waals surface area contributed by atoms with Crippen molar-refractivity contribution >= 4 is 24.0 Å². The summed E-state index contributed by atoms with van der Waals surface area (Å²) in [6, 6.07) is 0. The highest BCUT2D eigenvalue weighted by molar-refractivity contribution is 6.18. The van der Waals surface area contributed by atoms with E-state index in [0.717, 1.165) is 0 Å². The van der Waals surface area contributed by atoms with E-state index in [-0.39, 0.29) is 12.4 Å². The summed E-state index contributed by atoms with van der Waals surface area (Å²) in [5, 5.41) is 37.6. The second-order valence-electron chi connectivity index (χ2n) is 3.99. The number of aliphatic hydroxyl groups excluding tert-OH is 4. The number of hydrogen-bond acceptors (Lipinski definition) is 6. The summed E-state index contributed by atoms with van der Waals surface area (Å²) in [6.45, 7) is 0.914. The fraction of sp³-hybridized carbons (Fsp3) is 1.00. The lowest BCUT2D eigenvalue weighted by Crippen LogP contribution is -2.59. The minimum Gasteiger partial charge on any atom is -0.388 e. The lowest BCUT2D eigenvalue weighted by molar-refractivity contribution is -0.283. The SMILES string of the molecule is CN(CCCl)C[C@H]1OC(O)[C@H](O)[C@@H](O)[C@@H]1O.Cl. The minimum absolute atomic E-state index is 0. The Bertz CT molecular complexity index is 224. The third-order valence-corrected chi connectivity index (χ3v) is 2.81. The molecule has 104 valence electrons. The molecule has 0 aliphatic carbocycles. The van der Waals surface area contributed by atoms with E-state index in [2.05, 4.69) is 0 Å². The average Bonchev–Trinajstić information content (AvgIpc) is 2.23. The molecule has 1 rings (SSSR count). The molecule has 0 bridgehead atoms. The predicted molar refractivity (Wildman–Crippen MR) is 64.4 cm³/mol. The Kier molecular flexibility index (Phi) is 7.86. The topological polar surface area (TPSA) is 93.4 Å². The van der Waals surface area contributed by atoms with Crippen LogP contribution in [0, 0.1) is 0 Å². The maximum absolute atomic E-state index is 9.64. The molecule has 1 fully saturated rings. The number of likely N-dealkylation sites (N-methyl/N-ethyl adjacent to an activating group) is 1. The quantitative estimate of drug-likeness (QED) is 0.465.